The van der Waals surface area contributed by atoms with Gasteiger partial charge in [-0.2, -0.15) is 5.10 Å². The molecule has 4 rings (SSSR count). The van der Waals surface area contributed by atoms with Crippen LogP contribution in [0.3, 0.4) is 0 Å². The van der Waals surface area contributed by atoms with Gasteiger partial charge in [0.2, 0.25) is 5.75 Å². The van der Waals surface area contributed by atoms with Crippen molar-refractivity contribution in [3.63, 3.8) is 0 Å². The molecule has 1 aliphatic rings. The number of hydrogen-bond donors (Lipinski definition) is 0. The summed E-state index contributed by atoms with van der Waals surface area (Å²) in [7, 11) is 4.73. The SMILES string of the molecule is COc1cc([C@H]2CC(=O)c3cnn(-c4nc(C)cc(C)n4)c3C2)cc(OC)c1OC. The van der Waals surface area contributed by atoms with E-state index < -0.39 is 0 Å². The molecule has 30 heavy (non-hydrogen) atoms. The van der Waals surface area contributed by atoms with Crippen LogP contribution in [0.15, 0.2) is 24.4 Å². The summed E-state index contributed by atoms with van der Waals surface area (Å²) >= 11 is 0. The van der Waals surface area contributed by atoms with Gasteiger partial charge in [-0.1, -0.05) is 0 Å². The summed E-state index contributed by atoms with van der Waals surface area (Å²) in [4.78, 5) is 21.9. The summed E-state index contributed by atoms with van der Waals surface area (Å²) in [6, 6.07) is 5.71. The minimum Gasteiger partial charge on any atom is -0.493 e. The molecule has 156 valence electrons. The van der Waals surface area contributed by atoms with Crippen LogP contribution in [0.1, 0.15) is 45.3 Å². The molecule has 0 amide bonds. The van der Waals surface area contributed by atoms with Crippen LogP contribution >= 0.6 is 0 Å². The Hall–Kier alpha value is -3.42. The Bertz CT molecular complexity index is 1080. The Labute approximate surface area is 174 Å². The van der Waals surface area contributed by atoms with E-state index in [4.69, 9.17) is 14.2 Å². The van der Waals surface area contributed by atoms with E-state index in [-0.39, 0.29) is 11.7 Å². The largest absolute Gasteiger partial charge is 0.493 e. The average molecular weight is 408 g/mol. The van der Waals surface area contributed by atoms with E-state index in [0.717, 1.165) is 22.6 Å². The first-order chi connectivity index (χ1) is 14.4. The van der Waals surface area contributed by atoms with Crippen LogP contribution in [0.25, 0.3) is 5.95 Å². The molecular weight excluding hydrogens is 384 g/mol. The third-order valence-corrected chi connectivity index (χ3v) is 5.36. The number of carbonyl (C=O) groups excluding carboxylic acids is 1. The number of carbonyl (C=O) groups is 1. The van der Waals surface area contributed by atoms with Crippen LogP contribution in [0.5, 0.6) is 17.2 Å². The number of benzene rings is 1. The lowest BCUT2D eigenvalue weighted by Crippen LogP contribution is -2.21. The van der Waals surface area contributed by atoms with Crippen LogP contribution in [-0.4, -0.2) is 46.9 Å². The number of rotatable bonds is 5. The normalized spacial score (nSPS) is 15.6. The molecule has 0 fully saturated rings. The minimum atomic E-state index is -0.0555. The Kier molecular flexibility index (Phi) is 5.15. The van der Waals surface area contributed by atoms with Gasteiger partial charge < -0.3 is 14.2 Å². The average Bonchev–Trinajstić information content (AvgIpc) is 3.16. The van der Waals surface area contributed by atoms with E-state index in [9.17, 15) is 4.79 Å². The molecule has 1 atom stereocenters. The van der Waals surface area contributed by atoms with E-state index in [2.05, 4.69) is 15.1 Å². The molecule has 1 aromatic carbocycles. The molecule has 1 aliphatic carbocycles. The maximum absolute atomic E-state index is 12.9. The Morgan fingerprint density at radius 3 is 2.13 bits per heavy atom. The molecule has 2 heterocycles. The van der Waals surface area contributed by atoms with Gasteiger partial charge in [-0.3, -0.25) is 4.79 Å². The molecular formula is C22H24N4O4. The van der Waals surface area contributed by atoms with E-state index in [0.29, 0.717) is 41.6 Å². The lowest BCUT2D eigenvalue weighted by atomic mass is 9.82. The topological polar surface area (TPSA) is 88.4 Å². The van der Waals surface area contributed by atoms with E-state index in [1.54, 1.807) is 32.2 Å². The molecule has 0 bridgehead atoms. The van der Waals surface area contributed by atoms with Gasteiger partial charge in [0.05, 0.1) is 38.8 Å². The van der Waals surface area contributed by atoms with E-state index in [1.807, 2.05) is 32.0 Å². The van der Waals surface area contributed by atoms with Crippen molar-refractivity contribution in [2.75, 3.05) is 21.3 Å². The molecule has 0 N–H and O–H groups in total. The molecule has 0 saturated heterocycles. The highest BCUT2D eigenvalue weighted by atomic mass is 16.5. The van der Waals surface area contributed by atoms with Crippen LogP contribution in [-0.2, 0) is 6.42 Å². The highest BCUT2D eigenvalue weighted by Gasteiger charge is 2.32. The van der Waals surface area contributed by atoms with Crippen LogP contribution < -0.4 is 14.2 Å². The number of aryl methyl sites for hydroxylation is 2. The number of fused-ring (bicyclic) bond motifs is 1. The van der Waals surface area contributed by atoms with Crippen LogP contribution in [0.4, 0.5) is 0 Å². The first kappa shape index (κ1) is 19.9. The number of hydrogen-bond acceptors (Lipinski definition) is 7. The minimum absolute atomic E-state index is 0.0469. The Balaban J connectivity index is 1.77. The van der Waals surface area contributed by atoms with Crippen molar-refractivity contribution in [3.05, 3.63) is 52.6 Å². The summed E-state index contributed by atoms with van der Waals surface area (Å²) in [5.41, 5.74) is 4.09. The molecule has 0 saturated carbocycles. The van der Waals surface area contributed by atoms with Crippen molar-refractivity contribution in [2.45, 2.75) is 32.6 Å². The fourth-order valence-electron chi connectivity index (χ4n) is 3.99. The van der Waals surface area contributed by atoms with Gasteiger partial charge in [0, 0.05) is 17.8 Å². The summed E-state index contributed by atoms with van der Waals surface area (Å²) in [6.07, 6.45) is 2.62. The van der Waals surface area contributed by atoms with Gasteiger partial charge in [-0.05, 0) is 49.9 Å². The van der Waals surface area contributed by atoms with Gasteiger partial charge in [-0.25, -0.2) is 14.6 Å². The molecule has 3 aromatic rings. The Morgan fingerprint density at radius 2 is 1.57 bits per heavy atom. The van der Waals surface area contributed by atoms with Gasteiger partial charge in [-0.15, -0.1) is 0 Å². The number of Topliss-reactive ketones (excluding diaryl/α,β-unsaturated/α-hetero) is 1. The standard InChI is InChI=1S/C22H24N4O4/c1-12-6-13(2)25-22(24-12)26-17-7-14(8-18(27)16(17)11-23-26)15-9-19(28-3)21(30-5)20(10-15)29-4/h6,9-11,14H,7-8H2,1-5H3/t14-/m1/s1. The summed E-state index contributed by atoms with van der Waals surface area (Å²) in [5.74, 6) is 2.13. The van der Waals surface area contributed by atoms with Gasteiger partial charge in [0.1, 0.15) is 0 Å². The molecule has 2 aromatic heterocycles. The quantitative estimate of drug-likeness (QED) is 0.640. The Morgan fingerprint density at radius 1 is 0.933 bits per heavy atom. The maximum Gasteiger partial charge on any atom is 0.251 e. The second kappa shape index (κ2) is 7.78. The number of aromatic nitrogens is 4. The van der Waals surface area contributed by atoms with Gasteiger partial charge in [0.25, 0.3) is 5.95 Å². The second-order valence-electron chi connectivity index (χ2n) is 7.35. The number of ketones is 1. The van der Waals surface area contributed by atoms with Crippen molar-refractivity contribution in [3.8, 4) is 23.2 Å². The third kappa shape index (κ3) is 3.38. The summed E-state index contributed by atoms with van der Waals surface area (Å²) in [6.45, 7) is 3.83. The van der Waals surface area contributed by atoms with Gasteiger partial charge >= 0.3 is 0 Å². The number of ether oxygens (including phenoxy) is 3. The predicted octanol–water partition coefficient (Wildman–Crippen LogP) is 3.22. The second-order valence-corrected chi connectivity index (χ2v) is 7.35. The van der Waals surface area contributed by atoms with Crippen molar-refractivity contribution in [2.24, 2.45) is 0 Å². The fourth-order valence-corrected chi connectivity index (χ4v) is 3.99. The number of methoxy groups -OCH3 is 3. The van der Waals surface area contributed by atoms with Gasteiger partial charge in [0.15, 0.2) is 17.3 Å². The zero-order chi connectivity index (χ0) is 21.4. The fraction of sp³-hybridized carbons (Fsp3) is 0.364. The molecule has 8 heteroatoms. The van der Waals surface area contributed by atoms with Crippen LogP contribution in [0, 0.1) is 13.8 Å². The number of nitrogens with zero attached hydrogens (tertiary/aromatic N) is 4. The van der Waals surface area contributed by atoms with Crippen LogP contribution in [0.2, 0.25) is 0 Å². The third-order valence-electron chi connectivity index (χ3n) is 5.36. The lowest BCUT2D eigenvalue weighted by Gasteiger charge is -2.24. The van der Waals surface area contributed by atoms with Crippen molar-refractivity contribution < 1.29 is 19.0 Å². The predicted molar refractivity (Wildman–Crippen MR) is 110 cm³/mol. The van der Waals surface area contributed by atoms with E-state index >= 15 is 0 Å². The first-order valence-electron chi connectivity index (χ1n) is 9.67. The van der Waals surface area contributed by atoms with Crippen molar-refractivity contribution in [1.82, 2.24) is 19.7 Å². The highest BCUT2D eigenvalue weighted by molar-refractivity contribution is 5.98. The van der Waals surface area contributed by atoms with Crippen molar-refractivity contribution >= 4 is 5.78 Å². The molecule has 0 aliphatic heterocycles. The molecule has 0 spiro atoms. The molecule has 8 nitrogen and oxygen atoms in total. The monoisotopic (exact) mass is 408 g/mol. The zero-order valence-electron chi connectivity index (χ0n) is 17.7. The maximum atomic E-state index is 12.9. The molecule has 0 radical (unpaired) electrons. The highest BCUT2D eigenvalue weighted by Crippen LogP contribution is 2.42. The summed E-state index contributed by atoms with van der Waals surface area (Å²) < 4.78 is 18.1. The van der Waals surface area contributed by atoms with E-state index in [1.165, 1.54) is 0 Å². The lowest BCUT2D eigenvalue weighted by molar-refractivity contribution is 0.0963. The van der Waals surface area contributed by atoms with Crippen molar-refractivity contribution in [1.29, 1.82) is 0 Å². The zero-order valence-corrected chi connectivity index (χ0v) is 17.7. The molecule has 0 unspecified atom stereocenters. The first-order valence-corrected chi connectivity index (χ1v) is 9.67. The smallest absolute Gasteiger partial charge is 0.251 e. The summed E-state index contributed by atoms with van der Waals surface area (Å²) in [5, 5.41) is 4.43.